The first-order valence-corrected chi connectivity index (χ1v) is 8.29. The Morgan fingerprint density at radius 3 is 2.91 bits per heavy atom. The highest BCUT2D eigenvalue weighted by Gasteiger charge is 2.31. The van der Waals surface area contributed by atoms with Gasteiger partial charge in [0.15, 0.2) is 5.58 Å². The molecule has 0 radical (unpaired) electrons. The highest BCUT2D eigenvalue weighted by atomic mass is 35.5. The summed E-state index contributed by atoms with van der Waals surface area (Å²) in [5.74, 6) is 0.760. The Bertz CT molecular complexity index is 821. The summed E-state index contributed by atoms with van der Waals surface area (Å²) in [5.41, 5.74) is 3.90. The van der Waals surface area contributed by atoms with Gasteiger partial charge in [0.25, 0.3) is 0 Å². The van der Waals surface area contributed by atoms with Gasteiger partial charge in [-0.15, -0.1) is 0 Å². The third-order valence-electron chi connectivity index (χ3n) is 4.57. The summed E-state index contributed by atoms with van der Waals surface area (Å²) >= 11 is 6.46. The van der Waals surface area contributed by atoms with Crippen molar-refractivity contribution in [1.82, 2.24) is 19.7 Å². The number of nitrogens with zero attached hydrogens (tertiary/aromatic N) is 4. The molecule has 1 atom stereocenters. The minimum atomic E-state index is 0.284. The molecule has 0 bridgehead atoms. The molecule has 1 aliphatic heterocycles. The van der Waals surface area contributed by atoms with E-state index in [1.807, 2.05) is 38.2 Å². The second-order valence-corrected chi connectivity index (χ2v) is 6.48. The molecule has 0 aliphatic carbocycles. The van der Waals surface area contributed by atoms with Gasteiger partial charge in [-0.1, -0.05) is 23.7 Å². The fourth-order valence-electron chi connectivity index (χ4n) is 3.53. The third kappa shape index (κ3) is 2.54. The number of fused-ring (bicyclic) bond motifs is 1. The van der Waals surface area contributed by atoms with E-state index in [0.717, 1.165) is 52.8 Å². The Morgan fingerprint density at radius 2 is 2.17 bits per heavy atom. The summed E-state index contributed by atoms with van der Waals surface area (Å²) in [6.45, 7) is 3.75. The summed E-state index contributed by atoms with van der Waals surface area (Å²) in [5, 5.41) is 5.18. The van der Waals surface area contributed by atoms with Gasteiger partial charge in [0.05, 0.1) is 12.2 Å². The Hall–Kier alpha value is -1.85. The fourth-order valence-corrected chi connectivity index (χ4v) is 3.83. The Labute approximate surface area is 139 Å². The average molecular weight is 331 g/mol. The van der Waals surface area contributed by atoms with Crippen LogP contribution < -0.4 is 0 Å². The molecule has 3 aromatic rings. The molecule has 6 heteroatoms. The normalized spacial score (nSPS) is 19.0. The summed E-state index contributed by atoms with van der Waals surface area (Å²) < 4.78 is 7.63. The number of halogens is 1. The van der Waals surface area contributed by atoms with Gasteiger partial charge in [-0.05, 0) is 38.4 Å². The molecule has 2 aromatic heterocycles. The number of aryl methyl sites for hydroxylation is 2. The number of para-hydroxylation sites is 2. The summed E-state index contributed by atoms with van der Waals surface area (Å²) in [4.78, 5) is 6.98. The molecule has 3 heterocycles. The van der Waals surface area contributed by atoms with E-state index in [0.29, 0.717) is 6.54 Å². The zero-order chi connectivity index (χ0) is 16.0. The fraction of sp³-hybridized carbons (Fsp3) is 0.412. The number of oxazole rings is 1. The van der Waals surface area contributed by atoms with Crippen molar-refractivity contribution in [2.45, 2.75) is 32.4 Å². The van der Waals surface area contributed by atoms with Crippen molar-refractivity contribution in [3.8, 4) is 0 Å². The van der Waals surface area contributed by atoms with E-state index in [-0.39, 0.29) is 6.04 Å². The molecule has 0 saturated carbocycles. The molecular formula is C17H19ClN4O. The van der Waals surface area contributed by atoms with Crippen LogP contribution in [-0.2, 0) is 13.6 Å². The molecule has 1 saturated heterocycles. The third-order valence-corrected chi connectivity index (χ3v) is 5.02. The molecule has 23 heavy (non-hydrogen) atoms. The first-order chi connectivity index (χ1) is 11.1. The molecule has 1 fully saturated rings. The molecular weight excluding hydrogens is 312 g/mol. The minimum absolute atomic E-state index is 0.284. The Kier molecular flexibility index (Phi) is 3.62. The van der Waals surface area contributed by atoms with Crippen molar-refractivity contribution in [2.75, 3.05) is 6.54 Å². The van der Waals surface area contributed by atoms with Gasteiger partial charge < -0.3 is 4.42 Å². The van der Waals surface area contributed by atoms with Crippen molar-refractivity contribution in [2.24, 2.45) is 7.05 Å². The molecule has 0 unspecified atom stereocenters. The molecule has 1 aromatic carbocycles. The average Bonchev–Trinajstić information content (AvgIpc) is 3.19. The number of rotatable bonds is 3. The number of aromatic nitrogens is 3. The Balaban J connectivity index is 1.62. The molecule has 0 amide bonds. The lowest BCUT2D eigenvalue weighted by Crippen LogP contribution is -2.23. The summed E-state index contributed by atoms with van der Waals surface area (Å²) in [6, 6.07) is 8.16. The lowest BCUT2D eigenvalue weighted by Gasteiger charge is -2.23. The van der Waals surface area contributed by atoms with Gasteiger partial charge in [-0.3, -0.25) is 9.58 Å². The van der Waals surface area contributed by atoms with E-state index in [4.69, 9.17) is 16.0 Å². The van der Waals surface area contributed by atoms with Crippen LogP contribution in [0.4, 0.5) is 0 Å². The van der Waals surface area contributed by atoms with E-state index in [1.165, 1.54) is 0 Å². The zero-order valence-electron chi connectivity index (χ0n) is 13.3. The van der Waals surface area contributed by atoms with Gasteiger partial charge in [0.1, 0.15) is 10.7 Å². The predicted octanol–water partition coefficient (Wildman–Crippen LogP) is 3.86. The number of likely N-dealkylation sites (tertiary alicyclic amines) is 1. The summed E-state index contributed by atoms with van der Waals surface area (Å²) in [6.07, 6.45) is 2.24. The first kappa shape index (κ1) is 14.7. The van der Waals surface area contributed by atoms with E-state index in [1.54, 1.807) is 4.68 Å². The van der Waals surface area contributed by atoms with Gasteiger partial charge in [0, 0.05) is 18.7 Å². The molecule has 0 spiro atoms. The molecule has 1 aliphatic rings. The van der Waals surface area contributed by atoms with E-state index < -0.39 is 0 Å². The number of hydrogen-bond acceptors (Lipinski definition) is 4. The van der Waals surface area contributed by atoms with Crippen LogP contribution >= 0.6 is 11.6 Å². The van der Waals surface area contributed by atoms with Crippen LogP contribution in [0.2, 0.25) is 5.15 Å². The van der Waals surface area contributed by atoms with Gasteiger partial charge in [-0.2, -0.15) is 5.10 Å². The lowest BCUT2D eigenvalue weighted by atomic mass is 10.1. The van der Waals surface area contributed by atoms with Crippen LogP contribution in [0.15, 0.2) is 28.7 Å². The second kappa shape index (κ2) is 5.65. The van der Waals surface area contributed by atoms with E-state index >= 15 is 0 Å². The van der Waals surface area contributed by atoms with Crippen LogP contribution in [0.5, 0.6) is 0 Å². The lowest BCUT2D eigenvalue weighted by molar-refractivity contribution is 0.225. The summed E-state index contributed by atoms with van der Waals surface area (Å²) in [7, 11) is 1.89. The topological polar surface area (TPSA) is 47.1 Å². The number of benzene rings is 1. The number of hydrogen-bond donors (Lipinski definition) is 0. The Morgan fingerprint density at radius 1 is 1.35 bits per heavy atom. The maximum absolute atomic E-state index is 6.46. The van der Waals surface area contributed by atoms with Crippen LogP contribution in [0.1, 0.15) is 36.0 Å². The smallest absolute Gasteiger partial charge is 0.209 e. The largest absolute Gasteiger partial charge is 0.439 e. The van der Waals surface area contributed by atoms with Gasteiger partial charge >= 0.3 is 0 Å². The van der Waals surface area contributed by atoms with Crippen molar-refractivity contribution in [1.29, 1.82) is 0 Å². The van der Waals surface area contributed by atoms with E-state index in [2.05, 4.69) is 15.0 Å². The van der Waals surface area contributed by atoms with Gasteiger partial charge in [0.2, 0.25) is 5.89 Å². The minimum Gasteiger partial charge on any atom is -0.439 e. The highest BCUT2D eigenvalue weighted by molar-refractivity contribution is 6.30. The SMILES string of the molecule is Cc1nn(C)c(Cl)c1[C@H]1CCCN1Cc1nc2ccccc2o1. The van der Waals surface area contributed by atoms with Crippen molar-refractivity contribution >= 4 is 22.7 Å². The quantitative estimate of drug-likeness (QED) is 0.731. The first-order valence-electron chi connectivity index (χ1n) is 7.91. The maximum Gasteiger partial charge on any atom is 0.209 e. The van der Waals surface area contributed by atoms with Crippen LogP contribution in [0, 0.1) is 6.92 Å². The van der Waals surface area contributed by atoms with Crippen LogP contribution in [0.25, 0.3) is 11.1 Å². The second-order valence-electron chi connectivity index (χ2n) is 6.12. The zero-order valence-corrected chi connectivity index (χ0v) is 14.0. The van der Waals surface area contributed by atoms with Crippen LogP contribution in [0.3, 0.4) is 0 Å². The van der Waals surface area contributed by atoms with Gasteiger partial charge in [-0.25, -0.2) is 4.98 Å². The standard InChI is InChI=1S/C17H19ClN4O/c1-11-16(17(18)21(2)20-11)13-7-5-9-22(13)10-15-19-12-6-3-4-8-14(12)23-15/h3-4,6,8,13H,5,7,9-10H2,1-2H3/t13-/m1/s1. The van der Waals surface area contributed by atoms with Crippen molar-refractivity contribution in [3.63, 3.8) is 0 Å². The molecule has 5 nitrogen and oxygen atoms in total. The monoisotopic (exact) mass is 330 g/mol. The maximum atomic E-state index is 6.46. The van der Waals surface area contributed by atoms with Crippen molar-refractivity contribution < 1.29 is 4.42 Å². The van der Waals surface area contributed by atoms with Crippen LogP contribution in [-0.4, -0.2) is 26.2 Å². The van der Waals surface area contributed by atoms with Crippen molar-refractivity contribution in [3.05, 3.63) is 46.6 Å². The van der Waals surface area contributed by atoms with E-state index in [9.17, 15) is 0 Å². The highest BCUT2D eigenvalue weighted by Crippen LogP contribution is 2.38. The molecule has 120 valence electrons. The molecule has 0 N–H and O–H groups in total. The molecule has 4 rings (SSSR count). The predicted molar refractivity (Wildman–Crippen MR) is 89.3 cm³/mol.